The van der Waals surface area contributed by atoms with Crippen molar-refractivity contribution in [3.05, 3.63) is 29.2 Å². The van der Waals surface area contributed by atoms with Gasteiger partial charge in [0, 0.05) is 17.4 Å². The van der Waals surface area contributed by atoms with Crippen molar-refractivity contribution in [2.45, 2.75) is 71.8 Å². The van der Waals surface area contributed by atoms with E-state index in [9.17, 15) is 4.79 Å². The first-order valence-electron chi connectivity index (χ1n) is 9.13. The Labute approximate surface area is 143 Å². The molecule has 0 aromatic carbocycles. The molecule has 5 nitrogen and oxygen atoms in total. The van der Waals surface area contributed by atoms with E-state index in [1.807, 2.05) is 13.0 Å². The molecule has 2 aromatic rings. The Morgan fingerprint density at radius 1 is 1.25 bits per heavy atom. The lowest BCUT2D eigenvalue weighted by molar-refractivity contribution is 0.0921. The molecule has 0 aliphatic heterocycles. The van der Waals surface area contributed by atoms with E-state index in [1.165, 1.54) is 32.1 Å². The summed E-state index contributed by atoms with van der Waals surface area (Å²) < 4.78 is 1.80. The van der Waals surface area contributed by atoms with Gasteiger partial charge in [0.2, 0.25) is 0 Å². The highest BCUT2D eigenvalue weighted by molar-refractivity contribution is 5.99. The lowest BCUT2D eigenvalue weighted by Gasteiger charge is -2.28. The molecular weight excluding hydrogens is 300 g/mol. The van der Waals surface area contributed by atoms with Gasteiger partial charge in [-0.3, -0.25) is 4.79 Å². The molecule has 24 heavy (non-hydrogen) atoms. The Bertz CT molecular complexity index is 728. The zero-order chi connectivity index (χ0) is 17.3. The van der Waals surface area contributed by atoms with Gasteiger partial charge in [-0.2, -0.15) is 5.10 Å². The molecule has 1 atom stereocenters. The van der Waals surface area contributed by atoms with Crippen LogP contribution in [-0.4, -0.2) is 26.5 Å². The minimum absolute atomic E-state index is 0.0594. The second kappa shape index (κ2) is 6.91. The van der Waals surface area contributed by atoms with Crippen LogP contribution in [-0.2, 0) is 0 Å². The Hall–Kier alpha value is -1.91. The number of rotatable bonds is 4. The number of nitrogens with zero attached hydrogens (tertiary/aromatic N) is 3. The Morgan fingerprint density at radius 2 is 1.96 bits per heavy atom. The van der Waals surface area contributed by atoms with E-state index in [2.05, 4.69) is 36.2 Å². The summed E-state index contributed by atoms with van der Waals surface area (Å²) in [5.74, 6) is 0.854. The van der Waals surface area contributed by atoms with E-state index >= 15 is 0 Å². The molecule has 1 amide bonds. The number of amides is 1. The van der Waals surface area contributed by atoms with Crippen LogP contribution >= 0.6 is 0 Å². The third-order valence-electron chi connectivity index (χ3n) is 5.18. The zero-order valence-corrected chi connectivity index (χ0v) is 15.2. The number of hydrogen-bond donors (Lipinski definition) is 1. The number of aromatic nitrogens is 3. The molecule has 0 bridgehead atoms. The van der Waals surface area contributed by atoms with Gasteiger partial charge >= 0.3 is 0 Å². The van der Waals surface area contributed by atoms with Gasteiger partial charge < -0.3 is 5.32 Å². The van der Waals surface area contributed by atoms with Crippen molar-refractivity contribution < 1.29 is 4.79 Å². The summed E-state index contributed by atoms with van der Waals surface area (Å²) in [4.78, 5) is 17.3. The maximum absolute atomic E-state index is 12.8. The molecule has 2 heterocycles. The van der Waals surface area contributed by atoms with Crippen LogP contribution in [0.2, 0.25) is 0 Å². The average molecular weight is 328 g/mol. The highest BCUT2D eigenvalue weighted by Crippen LogP contribution is 2.26. The first kappa shape index (κ1) is 16.9. The highest BCUT2D eigenvalue weighted by atomic mass is 16.1. The molecule has 130 valence electrons. The van der Waals surface area contributed by atoms with Crippen LogP contribution in [0.5, 0.6) is 0 Å². The number of fused-ring (bicyclic) bond motifs is 1. The number of carbonyl (C=O) groups excluding carboxylic acids is 1. The van der Waals surface area contributed by atoms with Crippen molar-refractivity contribution in [1.29, 1.82) is 0 Å². The van der Waals surface area contributed by atoms with Gasteiger partial charge in [0.25, 0.3) is 5.91 Å². The van der Waals surface area contributed by atoms with Crippen molar-refractivity contribution >= 4 is 11.6 Å². The van der Waals surface area contributed by atoms with Crippen LogP contribution in [0.1, 0.15) is 80.5 Å². The fraction of sp³-hybridized carbons (Fsp3) is 0.632. The van der Waals surface area contributed by atoms with Crippen LogP contribution in [0.3, 0.4) is 0 Å². The average Bonchev–Trinajstić information content (AvgIpc) is 2.98. The summed E-state index contributed by atoms with van der Waals surface area (Å²) in [6.45, 7) is 8.34. The molecule has 3 rings (SSSR count). The van der Waals surface area contributed by atoms with Gasteiger partial charge in [0.15, 0.2) is 5.65 Å². The molecule has 1 unspecified atom stereocenters. The van der Waals surface area contributed by atoms with Gasteiger partial charge in [-0.15, -0.1) is 0 Å². The summed E-state index contributed by atoms with van der Waals surface area (Å²) >= 11 is 0. The molecule has 1 fully saturated rings. The summed E-state index contributed by atoms with van der Waals surface area (Å²) in [6.07, 6.45) is 7.96. The summed E-state index contributed by atoms with van der Waals surface area (Å²) in [5.41, 5.74) is 3.23. The predicted octanol–water partition coefficient (Wildman–Crippen LogP) is 3.86. The fourth-order valence-corrected chi connectivity index (χ4v) is 3.72. The normalized spacial score (nSPS) is 17.4. The monoisotopic (exact) mass is 328 g/mol. The second-order valence-corrected chi connectivity index (χ2v) is 7.43. The topological polar surface area (TPSA) is 59.3 Å². The molecule has 0 spiro atoms. The SMILES string of the molecule is Cc1cc(C(C)C)n2ncc(C(=O)NC(C)C3CCCCC3)c2n1. The third kappa shape index (κ3) is 3.30. The molecule has 1 saturated carbocycles. The van der Waals surface area contributed by atoms with E-state index in [-0.39, 0.29) is 11.9 Å². The van der Waals surface area contributed by atoms with E-state index in [0.717, 1.165) is 11.4 Å². The molecule has 1 aliphatic carbocycles. The maximum atomic E-state index is 12.8. The minimum Gasteiger partial charge on any atom is -0.349 e. The number of carbonyl (C=O) groups is 1. The van der Waals surface area contributed by atoms with Crippen molar-refractivity contribution in [3.8, 4) is 0 Å². The van der Waals surface area contributed by atoms with Crippen molar-refractivity contribution in [2.24, 2.45) is 5.92 Å². The minimum atomic E-state index is -0.0594. The van der Waals surface area contributed by atoms with Crippen molar-refractivity contribution in [3.63, 3.8) is 0 Å². The molecule has 2 aromatic heterocycles. The lowest BCUT2D eigenvalue weighted by atomic mass is 9.84. The molecule has 1 N–H and O–H groups in total. The molecule has 0 saturated heterocycles. The quantitative estimate of drug-likeness (QED) is 0.927. The van der Waals surface area contributed by atoms with Gasteiger partial charge in [-0.1, -0.05) is 33.1 Å². The van der Waals surface area contributed by atoms with E-state index in [0.29, 0.717) is 23.0 Å². The predicted molar refractivity (Wildman–Crippen MR) is 95.3 cm³/mol. The Kier molecular flexibility index (Phi) is 4.88. The molecule has 5 heteroatoms. The lowest BCUT2D eigenvalue weighted by Crippen LogP contribution is -2.38. The van der Waals surface area contributed by atoms with Crippen LogP contribution < -0.4 is 5.32 Å². The Balaban J connectivity index is 1.85. The summed E-state index contributed by atoms with van der Waals surface area (Å²) in [6, 6.07) is 2.24. The standard InChI is InChI=1S/C19H28N4O/c1-12(2)17-10-13(3)21-18-16(11-20-23(17)18)19(24)22-14(4)15-8-6-5-7-9-15/h10-12,14-15H,5-9H2,1-4H3,(H,22,24). The van der Waals surface area contributed by atoms with Gasteiger partial charge in [-0.05, 0) is 44.6 Å². The van der Waals surface area contributed by atoms with E-state index < -0.39 is 0 Å². The maximum Gasteiger partial charge on any atom is 0.256 e. The number of aryl methyl sites for hydroxylation is 1. The second-order valence-electron chi connectivity index (χ2n) is 7.43. The fourth-order valence-electron chi connectivity index (χ4n) is 3.72. The molecule has 0 radical (unpaired) electrons. The first-order valence-corrected chi connectivity index (χ1v) is 9.13. The number of hydrogen-bond acceptors (Lipinski definition) is 3. The largest absolute Gasteiger partial charge is 0.349 e. The van der Waals surface area contributed by atoms with E-state index in [4.69, 9.17) is 0 Å². The summed E-state index contributed by atoms with van der Waals surface area (Å²) in [5, 5.41) is 7.60. The van der Waals surface area contributed by atoms with Crippen LogP contribution in [0, 0.1) is 12.8 Å². The van der Waals surface area contributed by atoms with Crippen molar-refractivity contribution in [1.82, 2.24) is 19.9 Å². The van der Waals surface area contributed by atoms with Crippen molar-refractivity contribution in [2.75, 3.05) is 0 Å². The highest BCUT2D eigenvalue weighted by Gasteiger charge is 2.24. The summed E-state index contributed by atoms with van der Waals surface area (Å²) in [7, 11) is 0. The first-order chi connectivity index (χ1) is 11.5. The smallest absolute Gasteiger partial charge is 0.256 e. The molecular formula is C19H28N4O. The zero-order valence-electron chi connectivity index (χ0n) is 15.2. The third-order valence-corrected chi connectivity index (χ3v) is 5.18. The Morgan fingerprint density at radius 3 is 2.62 bits per heavy atom. The van der Waals surface area contributed by atoms with Gasteiger partial charge in [-0.25, -0.2) is 9.50 Å². The number of nitrogens with one attached hydrogen (secondary N) is 1. The van der Waals surface area contributed by atoms with E-state index in [1.54, 1.807) is 10.7 Å². The van der Waals surface area contributed by atoms with Gasteiger partial charge in [0.1, 0.15) is 5.56 Å². The van der Waals surface area contributed by atoms with Crippen LogP contribution in [0.4, 0.5) is 0 Å². The van der Waals surface area contributed by atoms with Crippen LogP contribution in [0.25, 0.3) is 5.65 Å². The van der Waals surface area contributed by atoms with Gasteiger partial charge in [0.05, 0.1) is 6.20 Å². The molecule has 1 aliphatic rings. The van der Waals surface area contributed by atoms with Crippen LogP contribution in [0.15, 0.2) is 12.3 Å².